The Morgan fingerprint density at radius 2 is 1.76 bits per heavy atom. The van der Waals surface area contributed by atoms with Crippen LogP contribution in [0.25, 0.3) is 16.9 Å². The number of rotatable bonds is 7. The molecule has 3 heterocycles. The van der Waals surface area contributed by atoms with Gasteiger partial charge in [0, 0.05) is 24.5 Å². The van der Waals surface area contributed by atoms with Crippen molar-refractivity contribution in [3.05, 3.63) is 82.9 Å². The van der Waals surface area contributed by atoms with Gasteiger partial charge in [0.1, 0.15) is 0 Å². The second-order valence-corrected chi connectivity index (χ2v) is 9.07. The fourth-order valence-corrected chi connectivity index (χ4v) is 4.63. The number of aryl methyl sites for hydroxylation is 2. The van der Waals surface area contributed by atoms with Crippen molar-refractivity contribution in [1.29, 1.82) is 0 Å². The first-order valence-electron chi connectivity index (χ1n) is 11.9. The first-order chi connectivity index (χ1) is 16.5. The topological polar surface area (TPSA) is 75.4 Å². The van der Waals surface area contributed by atoms with Crippen LogP contribution in [0.3, 0.4) is 0 Å². The Hall–Kier alpha value is -3.58. The molecular weight excluding hydrogens is 424 g/mol. The Balaban J connectivity index is 1.24. The van der Waals surface area contributed by atoms with Crippen LogP contribution in [0.4, 0.5) is 0 Å². The third-order valence-corrected chi connectivity index (χ3v) is 6.34. The number of benzene rings is 2. The number of fused-ring (bicyclic) bond motifs is 1. The van der Waals surface area contributed by atoms with Gasteiger partial charge in [-0.05, 0) is 68.1 Å². The molecule has 0 spiro atoms. The van der Waals surface area contributed by atoms with Crippen molar-refractivity contribution >= 4 is 11.7 Å². The largest absolute Gasteiger partial charge is 0.352 e. The third kappa shape index (κ3) is 4.99. The van der Waals surface area contributed by atoms with E-state index in [2.05, 4.69) is 61.7 Å². The lowest BCUT2D eigenvalue weighted by atomic mass is 9.98. The Bertz CT molecular complexity index is 1300. The van der Waals surface area contributed by atoms with Crippen molar-refractivity contribution in [3.8, 4) is 11.1 Å². The Kier molecular flexibility index (Phi) is 6.36. The summed E-state index contributed by atoms with van der Waals surface area (Å²) in [5.74, 6) is 0.889. The van der Waals surface area contributed by atoms with E-state index >= 15 is 0 Å². The number of hydrogen-bond acceptors (Lipinski definition) is 5. The molecule has 7 heteroatoms. The molecule has 2 aromatic carbocycles. The van der Waals surface area contributed by atoms with E-state index in [1.54, 1.807) is 4.52 Å². The van der Waals surface area contributed by atoms with E-state index < -0.39 is 0 Å². The Morgan fingerprint density at radius 1 is 1.00 bits per heavy atom. The molecule has 1 aliphatic rings. The number of carbonyl (C=O) groups excluding carboxylic acids is 1. The highest BCUT2D eigenvalue weighted by Gasteiger charge is 2.14. The van der Waals surface area contributed by atoms with Crippen molar-refractivity contribution in [1.82, 2.24) is 29.8 Å². The van der Waals surface area contributed by atoms with Gasteiger partial charge in [-0.15, -0.1) is 5.10 Å². The smallest absolute Gasteiger partial charge is 0.252 e. The highest BCUT2D eigenvalue weighted by molar-refractivity contribution is 5.78. The number of nitrogens with one attached hydrogen (secondary N) is 1. The summed E-state index contributed by atoms with van der Waals surface area (Å²) in [7, 11) is 0. The standard InChI is InChI=1S/C27H30N6O/c1-19-15-20(2)33-27(29-19)30-25(31-33)16-26(34)28-17-23-7-3-4-8-24(23)22-11-9-21(10-12-22)18-32-13-5-6-14-32/h3-4,7-12,15H,5-6,13-14,16-18H2,1-2H3,(H,28,34). The molecular formula is C27H30N6O. The van der Waals surface area contributed by atoms with Gasteiger partial charge >= 0.3 is 0 Å². The van der Waals surface area contributed by atoms with Gasteiger partial charge in [0.25, 0.3) is 5.78 Å². The summed E-state index contributed by atoms with van der Waals surface area (Å²) in [6, 6.07) is 19.0. The SMILES string of the molecule is Cc1cc(C)n2nc(CC(=O)NCc3ccccc3-c3ccc(CN4CCCC4)cc3)nc2n1. The maximum Gasteiger partial charge on any atom is 0.252 e. The lowest BCUT2D eigenvalue weighted by Gasteiger charge is -2.15. The monoisotopic (exact) mass is 454 g/mol. The van der Waals surface area contributed by atoms with Crippen LogP contribution in [0.15, 0.2) is 54.6 Å². The molecule has 1 aliphatic heterocycles. The summed E-state index contributed by atoms with van der Waals surface area (Å²) < 4.78 is 1.68. The van der Waals surface area contributed by atoms with E-state index in [0.29, 0.717) is 18.1 Å². The number of hydrogen-bond donors (Lipinski definition) is 1. The highest BCUT2D eigenvalue weighted by atomic mass is 16.1. The second-order valence-electron chi connectivity index (χ2n) is 9.07. The molecule has 0 saturated carbocycles. The van der Waals surface area contributed by atoms with E-state index in [1.807, 2.05) is 32.0 Å². The maximum atomic E-state index is 12.6. The summed E-state index contributed by atoms with van der Waals surface area (Å²) in [5.41, 5.74) is 6.55. The second kappa shape index (κ2) is 9.73. The van der Waals surface area contributed by atoms with Crippen LogP contribution in [-0.4, -0.2) is 43.5 Å². The minimum absolute atomic E-state index is 0.110. The summed E-state index contributed by atoms with van der Waals surface area (Å²) in [4.78, 5) is 24.0. The maximum absolute atomic E-state index is 12.6. The van der Waals surface area contributed by atoms with Gasteiger partial charge < -0.3 is 5.32 Å². The van der Waals surface area contributed by atoms with Gasteiger partial charge in [0.15, 0.2) is 5.82 Å². The highest BCUT2D eigenvalue weighted by Crippen LogP contribution is 2.25. The zero-order valence-corrected chi connectivity index (χ0v) is 19.8. The van der Waals surface area contributed by atoms with Crippen LogP contribution in [0.5, 0.6) is 0 Å². The Morgan fingerprint density at radius 3 is 2.56 bits per heavy atom. The zero-order chi connectivity index (χ0) is 23.5. The van der Waals surface area contributed by atoms with Gasteiger partial charge in [-0.3, -0.25) is 9.69 Å². The summed E-state index contributed by atoms with van der Waals surface area (Å²) in [6.45, 7) is 7.75. The van der Waals surface area contributed by atoms with Crippen molar-refractivity contribution in [2.75, 3.05) is 13.1 Å². The first-order valence-corrected chi connectivity index (χ1v) is 11.9. The van der Waals surface area contributed by atoms with Crippen LogP contribution in [0.1, 0.15) is 41.2 Å². The molecule has 1 N–H and O–H groups in total. The van der Waals surface area contributed by atoms with Crippen LogP contribution >= 0.6 is 0 Å². The molecule has 174 valence electrons. The van der Waals surface area contributed by atoms with Crippen LogP contribution in [0, 0.1) is 13.8 Å². The number of carbonyl (C=O) groups is 1. The summed E-state index contributed by atoms with van der Waals surface area (Å²) in [6.07, 6.45) is 2.73. The molecule has 0 atom stereocenters. The van der Waals surface area contributed by atoms with E-state index in [-0.39, 0.29) is 12.3 Å². The fraction of sp³-hybridized carbons (Fsp3) is 0.333. The predicted octanol–water partition coefficient (Wildman–Crippen LogP) is 3.86. The number of nitrogens with zero attached hydrogens (tertiary/aromatic N) is 5. The van der Waals surface area contributed by atoms with Gasteiger partial charge in [-0.1, -0.05) is 48.5 Å². The van der Waals surface area contributed by atoms with E-state index in [0.717, 1.165) is 34.6 Å². The average molecular weight is 455 g/mol. The molecule has 1 saturated heterocycles. The minimum atomic E-state index is -0.110. The van der Waals surface area contributed by atoms with Crippen molar-refractivity contribution in [2.45, 2.75) is 46.2 Å². The molecule has 0 aliphatic carbocycles. The first kappa shape index (κ1) is 22.2. The van der Waals surface area contributed by atoms with Crippen LogP contribution in [-0.2, 0) is 24.3 Å². The lowest BCUT2D eigenvalue weighted by Crippen LogP contribution is -2.25. The van der Waals surface area contributed by atoms with Crippen LogP contribution in [0.2, 0.25) is 0 Å². The van der Waals surface area contributed by atoms with Gasteiger partial charge in [-0.2, -0.15) is 4.98 Å². The van der Waals surface area contributed by atoms with E-state index in [1.165, 1.54) is 31.5 Å². The number of likely N-dealkylation sites (tertiary alicyclic amines) is 1. The molecule has 7 nitrogen and oxygen atoms in total. The Labute approximate surface area is 199 Å². The fourth-order valence-electron chi connectivity index (χ4n) is 4.63. The zero-order valence-electron chi connectivity index (χ0n) is 19.8. The molecule has 5 rings (SSSR count). The number of amides is 1. The van der Waals surface area contributed by atoms with Gasteiger partial charge in [-0.25, -0.2) is 9.50 Å². The molecule has 1 fully saturated rings. The molecule has 34 heavy (non-hydrogen) atoms. The summed E-state index contributed by atoms with van der Waals surface area (Å²) in [5, 5.41) is 7.47. The molecule has 0 unspecified atom stereocenters. The van der Waals surface area contributed by atoms with E-state index in [4.69, 9.17) is 0 Å². The quantitative estimate of drug-likeness (QED) is 0.459. The summed E-state index contributed by atoms with van der Waals surface area (Å²) >= 11 is 0. The van der Waals surface area contributed by atoms with Gasteiger partial charge in [0.05, 0.1) is 6.42 Å². The van der Waals surface area contributed by atoms with Gasteiger partial charge in [0.2, 0.25) is 5.91 Å². The molecule has 4 aromatic rings. The molecule has 0 radical (unpaired) electrons. The molecule has 2 aromatic heterocycles. The average Bonchev–Trinajstić information content (AvgIpc) is 3.48. The normalized spacial score (nSPS) is 14.1. The van der Waals surface area contributed by atoms with E-state index in [9.17, 15) is 4.79 Å². The van der Waals surface area contributed by atoms with Crippen molar-refractivity contribution in [3.63, 3.8) is 0 Å². The minimum Gasteiger partial charge on any atom is -0.352 e. The van der Waals surface area contributed by atoms with Crippen molar-refractivity contribution < 1.29 is 4.79 Å². The molecule has 1 amide bonds. The van der Waals surface area contributed by atoms with Crippen molar-refractivity contribution in [2.24, 2.45) is 0 Å². The predicted molar refractivity (Wildman–Crippen MR) is 132 cm³/mol. The molecule has 0 bridgehead atoms. The number of aromatic nitrogens is 4. The lowest BCUT2D eigenvalue weighted by molar-refractivity contribution is -0.120. The van der Waals surface area contributed by atoms with Crippen LogP contribution < -0.4 is 5.32 Å². The third-order valence-electron chi connectivity index (χ3n) is 6.34.